The molecule has 1 aliphatic carbocycles. The van der Waals surface area contributed by atoms with Crippen LogP contribution < -0.4 is 0 Å². The molecule has 90 valence electrons. The molecule has 1 heteroatoms. The van der Waals surface area contributed by atoms with Gasteiger partial charge < -0.3 is 0 Å². The van der Waals surface area contributed by atoms with E-state index in [-0.39, 0.29) is 0 Å². The van der Waals surface area contributed by atoms with E-state index in [0.717, 1.165) is 18.5 Å². The summed E-state index contributed by atoms with van der Waals surface area (Å²) in [6.45, 7) is 4.74. The van der Waals surface area contributed by atoms with Gasteiger partial charge in [-0.25, -0.2) is 0 Å². The summed E-state index contributed by atoms with van der Waals surface area (Å²) in [5.41, 5.74) is 3.17. The molecule has 0 radical (unpaired) electrons. The molecule has 0 spiro atoms. The molecule has 0 bridgehead atoms. The molecular weight excluding hydrogens is 206 g/mol. The van der Waals surface area contributed by atoms with Crippen LogP contribution in [0.25, 0.3) is 0 Å². The molecule has 0 unspecified atom stereocenters. The zero-order valence-corrected chi connectivity index (χ0v) is 10.6. The fourth-order valence-electron chi connectivity index (χ4n) is 3.38. The summed E-state index contributed by atoms with van der Waals surface area (Å²) in [6, 6.07) is 11.6. The van der Waals surface area contributed by atoms with Gasteiger partial charge in [0.15, 0.2) is 0 Å². The third kappa shape index (κ3) is 2.16. The standard InChI is InChI=1S/C16H21N/c1-13-11-17(12-14-7-3-2-4-8-14)16-10-6-5-9-15(13)16/h2-4,7-9,13,16H,5-6,10-12H2,1H3/t13-,16+/m0/s1. The van der Waals surface area contributed by atoms with E-state index in [9.17, 15) is 0 Å². The van der Waals surface area contributed by atoms with E-state index >= 15 is 0 Å². The van der Waals surface area contributed by atoms with Crippen LogP contribution in [-0.2, 0) is 6.54 Å². The molecule has 2 atom stereocenters. The predicted molar refractivity (Wildman–Crippen MR) is 71.7 cm³/mol. The van der Waals surface area contributed by atoms with Gasteiger partial charge in [0, 0.05) is 19.1 Å². The summed E-state index contributed by atoms with van der Waals surface area (Å²) in [7, 11) is 0. The molecule has 1 aliphatic heterocycles. The second kappa shape index (κ2) is 4.66. The van der Waals surface area contributed by atoms with Gasteiger partial charge >= 0.3 is 0 Å². The van der Waals surface area contributed by atoms with Gasteiger partial charge in [0.2, 0.25) is 0 Å². The molecule has 0 N–H and O–H groups in total. The first-order valence-electron chi connectivity index (χ1n) is 6.82. The number of fused-ring (bicyclic) bond motifs is 1. The smallest absolute Gasteiger partial charge is 0.0314 e. The molecule has 17 heavy (non-hydrogen) atoms. The summed E-state index contributed by atoms with van der Waals surface area (Å²) >= 11 is 0. The van der Waals surface area contributed by atoms with Crippen LogP contribution in [0.3, 0.4) is 0 Å². The van der Waals surface area contributed by atoms with E-state index < -0.39 is 0 Å². The summed E-state index contributed by atoms with van der Waals surface area (Å²) in [5, 5.41) is 0. The minimum Gasteiger partial charge on any atom is -0.292 e. The van der Waals surface area contributed by atoms with Gasteiger partial charge in [-0.05, 0) is 30.7 Å². The first-order valence-corrected chi connectivity index (χ1v) is 6.82. The maximum atomic E-state index is 2.67. The molecule has 0 amide bonds. The Morgan fingerprint density at radius 2 is 2.06 bits per heavy atom. The highest BCUT2D eigenvalue weighted by Gasteiger charge is 2.34. The molecule has 1 nitrogen and oxygen atoms in total. The minimum atomic E-state index is 0.735. The molecule has 2 aliphatic rings. The Hall–Kier alpha value is -1.08. The van der Waals surface area contributed by atoms with Gasteiger partial charge in [0.25, 0.3) is 0 Å². The van der Waals surface area contributed by atoms with Crippen molar-refractivity contribution in [3.05, 3.63) is 47.5 Å². The Bertz CT molecular complexity index is 407. The van der Waals surface area contributed by atoms with Gasteiger partial charge in [-0.3, -0.25) is 4.90 Å². The van der Waals surface area contributed by atoms with Crippen LogP contribution in [0, 0.1) is 5.92 Å². The molecule has 1 aromatic carbocycles. The molecule has 1 fully saturated rings. The molecule has 0 saturated carbocycles. The lowest BCUT2D eigenvalue weighted by atomic mass is 9.90. The van der Waals surface area contributed by atoms with Crippen LogP contribution in [0.15, 0.2) is 42.0 Å². The SMILES string of the molecule is C[C@H]1CN(Cc2ccccc2)[C@@H]2CCCC=C21. The topological polar surface area (TPSA) is 3.24 Å². The van der Waals surface area contributed by atoms with Crippen molar-refractivity contribution in [1.29, 1.82) is 0 Å². The van der Waals surface area contributed by atoms with E-state index in [1.165, 1.54) is 31.4 Å². The number of nitrogens with zero attached hydrogens (tertiary/aromatic N) is 1. The van der Waals surface area contributed by atoms with Crippen LogP contribution in [0.4, 0.5) is 0 Å². The highest BCUT2D eigenvalue weighted by molar-refractivity contribution is 5.24. The van der Waals surface area contributed by atoms with Gasteiger partial charge in [-0.1, -0.05) is 48.9 Å². The molecular formula is C16H21N. The Labute approximate surface area is 104 Å². The Kier molecular flexibility index (Phi) is 3.02. The number of rotatable bonds is 2. The average molecular weight is 227 g/mol. The van der Waals surface area contributed by atoms with Gasteiger partial charge in [0.05, 0.1) is 0 Å². The Morgan fingerprint density at radius 3 is 2.88 bits per heavy atom. The number of likely N-dealkylation sites (tertiary alicyclic amines) is 1. The van der Waals surface area contributed by atoms with Crippen molar-refractivity contribution in [3.63, 3.8) is 0 Å². The van der Waals surface area contributed by atoms with E-state index in [2.05, 4.69) is 48.2 Å². The summed E-state index contributed by atoms with van der Waals surface area (Å²) in [6.07, 6.45) is 6.54. The van der Waals surface area contributed by atoms with Gasteiger partial charge in [-0.2, -0.15) is 0 Å². The maximum Gasteiger partial charge on any atom is 0.0314 e. The van der Waals surface area contributed by atoms with E-state index in [1.807, 2.05) is 0 Å². The van der Waals surface area contributed by atoms with Crippen LogP contribution in [-0.4, -0.2) is 17.5 Å². The largest absolute Gasteiger partial charge is 0.292 e. The van der Waals surface area contributed by atoms with E-state index in [1.54, 1.807) is 5.57 Å². The average Bonchev–Trinajstić information content (AvgIpc) is 2.69. The second-order valence-electron chi connectivity index (χ2n) is 5.47. The quantitative estimate of drug-likeness (QED) is 0.698. The van der Waals surface area contributed by atoms with Crippen molar-refractivity contribution in [2.24, 2.45) is 5.92 Å². The van der Waals surface area contributed by atoms with Crippen molar-refractivity contribution >= 4 is 0 Å². The highest BCUT2D eigenvalue weighted by Crippen LogP contribution is 2.36. The summed E-state index contributed by atoms with van der Waals surface area (Å²) in [5.74, 6) is 0.768. The van der Waals surface area contributed by atoms with E-state index in [0.29, 0.717) is 0 Å². The maximum absolute atomic E-state index is 2.67. The van der Waals surface area contributed by atoms with Crippen molar-refractivity contribution < 1.29 is 0 Å². The van der Waals surface area contributed by atoms with Crippen LogP contribution in [0.5, 0.6) is 0 Å². The zero-order valence-electron chi connectivity index (χ0n) is 10.6. The number of benzene rings is 1. The third-order valence-electron chi connectivity index (χ3n) is 4.19. The molecule has 1 saturated heterocycles. The minimum absolute atomic E-state index is 0.735. The van der Waals surface area contributed by atoms with Crippen molar-refractivity contribution in [2.75, 3.05) is 6.54 Å². The predicted octanol–water partition coefficient (Wildman–Crippen LogP) is 3.62. The third-order valence-corrected chi connectivity index (χ3v) is 4.19. The lowest BCUT2D eigenvalue weighted by molar-refractivity contribution is 0.238. The lowest BCUT2D eigenvalue weighted by Gasteiger charge is -2.27. The van der Waals surface area contributed by atoms with E-state index in [4.69, 9.17) is 0 Å². The normalized spacial score (nSPS) is 28.9. The number of hydrogen-bond donors (Lipinski definition) is 0. The van der Waals surface area contributed by atoms with Crippen LogP contribution in [0.2, 0.25) is 0 Å². The number of hydrogen-bond acceptors (Lipinski definition) is 1. The molecule has 1 heterocycles. The molecule has 0 aromatic heterocycles. The second-order valence-corrected chi connectivity index (χ2v) is 5.47. The van der Waals surface area contributed by atoms with Crippen LogP contribution in [0.1, 0.15) is 31.7 Å². The molecule has 1 aromatic rings. The van der Waals surface area contributed by atoms with Gasteiger partial charge in [-0.15, -0.1) is 0 Å². The first kappa shape index (κ1) is 11.0. The summed E-state index contributed by atoms with van der Waals surface area (Å²) in [4.78, 5) is 2.67. The molecule has 3 rings (SSSR count). The van der Waals surface area contributed by atoms with Crippen molar-refractivity contribution in [1.82, 2.24) is 4.90 Å². The van der Waals surface area contributed by atoms with Crippen molar-refractivity contribution in [3.8, 4) is 0 Å². The lowest BCUT2D eigenvalue weighted by Crippen LogP contribution is -2.30. The first-order chi connectivity index (χ1) is 8.34. The monoisotopic (exact) mass is 227 g/mol. The van der Waals surface area contributed by atoms with Gasteiger partial charge in [0.1, 0.15) is 0 Å². The Morgan fingerprint density at radius 1 is 1.24 bits per heavy atom. The van der Waals surface area contributed by atoms with Crippen LogP contribution >= 0.6 is 0 Å². The number of allylic oxidation sites excluding steroid dienone is 1. The van der Waals surface area contributed by atoms with Crippen molar-refractivity contribution in [2.45, 2.75) is 38.8 Å². The fourth-order valence-corrected chi connectivity index (χ4v) is 3.38. The highest BCUT2D eigenvalue weighted by atomic mass is 15.2. The summed E-state index contributed by atoms with van der Waals surface area (Å²) < 4.78 is 0. The fraction of sp³-hybridized carbons (Fsp3) is 0.500. The Balaban J connectivity index is 1.77. The zero-order chi connectivity index (χ0) is 11.7.